The molecule has 8 heteroatoms. The van der Waals surface area contributed by atoms with E-state index in [2.05, 4.69) is 5.16 Å². The number of hydrogen-bond acceptors (Lipinski definition) is 5. The Morgan fingerprint density at radius 3 is 2.24 bits per heavy atom. The first-order valence-corrected chi connectivity index (χ1v) is 10.1. The molecule has 6 rings (SSSR count). The maximum atomic E-state index is 13.3. The number of anilines is 1. The second-order valence-electron chi connectivity index (χ2n) is 7.66. The molecule has 0 radical (unpaired) electrons. The molecule has 2 aromatic carbocycles. The Morgan fingerprint density at radius 1 is 0.828 bits per heavy atom. The monoisotopic (exact) mass is 428 g/mol. The van der Waals surface area contributed by atoms with Crippen molar-refractivity contribution in [2.75, 3.05) is 4.90 Å². The number of hydrogen-bond donors (Lipinski definition) is 0. The molecule has 0 spiro atoms. The van der Waals surface area contributed by atoms with Crippen LogP contribution in [0.3, 0.4) is 0 Å². The summed E-state index contributed by atoms with van der Waals surface area (Å²) in [6.07, 6.45) is -1.37. The summed E-state index contributed by atoms with van der Waals surface area (Å²) in [4.78, 5) is 33.3. The van der Waals surface area contributed by atoms with E-state index < -0.39 is 30.1 Å². The molecule has 4 heterocycles. The van der Waals surface area contributed by atoms with Crippen molar-refractivity contribution in [1.29, 1.82) is 0 Å². The van der Waals surface area contributed by atoms with Gasteiger partial charge in [0.2, 0.25) is 11.8 Å². The minimum Gasteiger partial charge on any atom is -0.389 e. The standard InChI is InChI=1S/C21H14Cl2N2O4/c22-9-5-7-10(8-6-9)25-20(26)13-14(21(25)27)18-19-15(17(13)28-18)16(24-29-19)11-3-1-2-4-12(11)23/h1-8,13-15,17-19H/t13-,14+,15-,17-,18+,19-/m0/s1. The Balaban J connectivity index is 1.37. The van der Waals surface area contributed by atoms with Gasteiger partial charge in [0.15, 0.2) is 6.10 Å². The summed E-state index contributed by atoms with van der Waals surface area (Å²) in [5.41, 5.74) is 1.96. The molecule has 3 fully saturated rings. The highest BCUT2D eigenvalue weighted by atomic mass is 35.5. The number of oxime groups is 1. The first-order valence-electron chi connectivity index (χ1n) is 9.34. The normalized spacial score (nSPS) is 34.3. The lowest BCUT2D eigenvalue weighted by molar-refractivity contribution is -0.125. The largest absolute Gasteiger partial charge is 0.389 e. The molecule has 0 aromatic heterocycles. The van der Waals surface area contributed by atoms with E-state index in [1.807, 2.05) is 18.2 Å². The lowest BCUT2D eigenvalue weighted by atomic mass is 9.71. The lowest BCUT2D eigenvalue weighted by Gasteiger charge is -2.26. The second kappa shape index (κ2) is 6.05. The van der Waals surface area contributed by atoms with Crippen LogP contribution < -0.4 is 4.90 Å². The van der Waals surface area contributed by atoms with E-state index in [0.717, 1.165) is 5.56 Å². The Bertz CT molecular complexity index is 1090. The highest BCUT2D eigenvalue weighted by Gasteiger charge is 2.72. The van der Waals surface area contributed by atoms with E-state index in [4.69, 9.17) is 32.8 Å². The maximum Gasteiger partial charge on any atom is 0.240 e. The van der Waals surface area contributed by atoms with E-state index in [0.29, 0.717) is 21.4 Å². The highest BCUT2D eigenvalue weighted by Crippen LogP contribution is 2.55. The molecule has 0 N–H and O–H groups in total. The molecule has 3 saturated heterocycles. The average molecular weight is 429 g/mol. The minimum atomic E-state index is -0.565. The molecule has 0 aliphatic carbocycles. The van der Waals surface area contributed by atoms with Gasteiger partial charge in [0, 0.05) is 15.6 Å². The SMILES string of the molecule is O=C1[C@@H]2[C@@H]3O[C@@H]([C@H]4ON=C(c5ccccc5Cl)[C@H]43)[C@@H]2C(=O)N1c1ccc(Cl)cc1. The number of amides is 2. The second-order valence-corrected chi connectivity index (χ2v) is 8.50. The van der Waals surface area contributed by atoms with Crippen molar-refractivity contribution in [3.05, 3.63) is 64.1 Å². The number of nitrogens with zero attached hydrogens (tertiary/aromatic N) is 2. The van der Waals surface area contributed by atoms with Crippen LogP contribution in [0.5, 0.6) is 0 Å². The fraction of sp³-hybridized carbons (Fsp3) is 0.286. The Morgan fingerprint density at radius 2 is 1.52 bits per heavy atom. The maximum absolute atomic E-state index is 13.3. The zero-order chi connectivity index (χ0) is 19.9. The molecular weight excluding hydrogens is 415 g/mol. The fourth-order valence-corrected chi connectivity index (χ4v) is 5.45. The third kappa shape index (κ3) is 2.25. The van der Waals surface area contributed by atoms with Crippen molar-refractivity contribution in [2.45, 2.75) is 18.3 Å². The summed E-state index contributed by atoms with van der Waals surface area (Å²) in [5, 5.41) is 5.36. The van der Waals surface area contributed by atoms with E-state index in [1.54, 1.807) is 30.3 Å². The quantitative estimate of drug-likeness (QED) is 0.688. The smallest absolute Gasteiger partial charge is 0.240 e. The lowest BCUT2D eigenvalue weighted by Crippen LogP contribution is -2.45. The van der Waals surface area contributed by atoms with Crippen LogP contribution in [-0.4, -0.2) is 35.8 Å². The fourth-order valence-electron chi connectivity index (χ4n) is 5.09. The summed E-state index contributed by atoms with van der Waals surface area (Å²) >= 11 is 12.3. The minimum absolute atomic E-state index is 0.233. The predicted octanol–water partition coefficient (Wildman–Crippen LogP) is 3.30. The van der Waals surface area contributed by atoms with Crippen LogP contribution in [0, 0.1) is 17.8 Å². The summed E-state index contributed by atoms with van der Waals surface area (Å²) in [6.45, 7) is 0. The van der Waals surface area contributed by atoms with Gasteiger partial charge in [-0.1, -0.05) is 46.6 Å². The van der Waals surface area contributed by atoms with E-state index in [1.165, 1.54) is 4.90 Å². The number of carbonyl (C=O) groups excluding carboxylic acids is 2. The number of fused-ring (bicyclic) bond motifs is 8. The molecule has 2 aromatic rings. The average Bonchev–Trinajstić information content (AvgIpc) is 3.44. The molecule has 2 bridgehead atoms. The van der Waals surface area contributed by atoms with Gasteiger partial charge in [-0.15, -0.1) is 0 Å². The van der Waals surface area contributed by atoms with E-state index in [-0.39, 0.29) is 17.7 Å². The number of carbonyl (C=O) groups is 2. The van der Waals surface area contributed by atoms with Crippen molar-refractivity contribution in [3.63, 3.8) is 0 Å². The van der Waals surface area contributed by atoms with Crippen LogP contribution in [0.15, 0.2) is 53.7 Å². The van der Waals surface area contributed by atoms with Crippen LogP contribution in [0.4, 0.5) is 5.69 Å². The Hall–Kier alpha value is -2.41. The van der Waals surface area contributed by atoms with E-state index >= 15 is 0 Å². The molecule has 0 unspecified atom stereocenters. The number of rotatable bonds is 2. The van der Waals surface area contributed by atoms with Crippen molar-refractivity contribution in [1.82, 2.24) is 0 Å². The zero-order valence-corrected chi connectivity index (χ0v) is 16.4. The molecule has 6 atom stereocenters. The van der Waals surface area contributed by atoms with Crippen LogP contribution in [0.2, 0.25) is 10.0 Å². The van der Waals surface area contributed by atoms with Gasteiger partial charge in [-0.3, -0.25) is 9.59 Å². The van der Waals surface area contributed by atoms with Crippen LogP contribution in [-0.2, 0) is 19.2 Å². The molecular formula is C21H14Cl2N2O4. The van der Waals surface area contributed by atoms with Gasteiger partial charge in [-0.05, 0) is 30.3 Å². The van der Waals surface area contributed by atoms with Crippen LogP contribution in [0.25, 0.3) is 0 Å². The molecule has 4 aliphatic heterocycles. The van der Waals surface area contributed by atoms with Crippen molar-refractivity contribution in [2.24, 2.45) is 22.9 Å². The van der Waals surface area contributed by atoms with Crippen LogP contribution in [0.1, 0.15) is 5.56 Å². The van der Waals surface area contributed by atoms with E-state index in [9.17, 15) is 9.59 Å². The number of benzene rings is 2. The number of imide groups is 1. The van der Waals surface area contributed by atoms with Gasteiger partial charge < -0.3 is 9.57 Å². The van der Waals surface area contributed by atoms with Crippen LogP contribution >= 0.6 is 23.2 Å². The van der Waals surface area contributed by atoms with Gasteiger partial charge in [0.25, 0.3) is 0 Å². The molecule has 29 heavy (non-hydrogen) atoms. The molecule has 2 amide bonds. The van der Waals surface area contributed by atoms with Gasteiger partial charge in [-0.2, -0.15) is 0 Å². The van der Waals surface area contributed by atoms with Crippen molar-refractivity contribution < 1.29 is 19.2 Å². The summed E-state index contributed by atoms with van der Waals surface area (Å²) < 4.78 is 6.10. The van der Waals surface area contributed by atoms with Crippen molar-refractivity contribution >= 4 is 46.4 Å². The first kappa shape index (κ1) is 17.4. The van der Waals surface area contributed by atoms with Gasteiger partial charge in [0.05, 0.1) is 35.3 Å². The predicted molar refractivity (Wildman–Crippen MR) is 106 cm³/mol. The van der Waals surface area contributed by atoms with Gasteiger partial charge >= 0.3 is 0 Å². The Labute approximate surface area is 176 Å². The number of ether oxygens (including phenoxy) is 1. The highest BCUT2D eigenvalue weighted by molar-refractivity contribution is 6.34. The molecule has 146 valence electrons. The molecule has 6 nitrogen and oxygen atoms in total. The van der Waals surface area contributed by atoms with Gasteiger partial charge in [0.1, 0.15) is 6.10 Å². The molecule has 4 aliphatic rings. The summed E-state index contributed by atoms with van der Waals surface area (Å²) in [5.74, 6) is -1.87. The third-order valence-corrected chi connectivity index (χ3v) is 6.86. The zero-order valence-electron chi connectivity index (χ0n) is 14.9. The molecule has 0 saturated carbocycles. The first-order chi connectivity index (χ1) is 14.1. The summed E-state index contributed by atoms with van der Waals surface area (Å²) in [7, 11) is 0. The Kier molecular flexibility index (Phi) is 3.64. The third-order valence-electron chi connectivity index (χ3n) is 6.27. The van der Waals surface area contributed by atoms with Crippen molar-refractivity contribution in [3.8, 4) is 0 Å². The topological polar surface area (TPSA) is 68.2 Å². The number of halogens is 2. The van der Waals surface area contributed by atoms with Gasteiger partial charge in [-0.25, -0.2) is 4.90 Å². The summed E-state index contributed by atoms with van der Waals surface area (Å²) in [6, 6.07) is 14.1.